The maximum atomic E-state index is 4.51. The van der Waals surface area contributed by atoms with Gasteiger partial charge in [0.1, 0.15) is 5.69 Å². The Morgan fingerprint density at radius 3 is 2.67 bits per heavy atom. The summed E-state index contributed by atoms with van der Waals surface area (Å²) in [6.45, 7) is 0. The third kappa shape index (κ3) is 2.09. The maximum absolute atomic E-state index is 4.51. The van der Waals surface area contributed by atoms with E-state index in [9.17, 15) is 0 Å². The van der Waals surface area contributed by atoms with Crippen molar-refractivity contribution in [3.05, 3.63) is 72.6 Å². The van der Waals surface area contributed by atoms with E-state index in [2.05, 4.69) is 57.8 Å². The summed E-state index contributed by atoms with van der Waals surface area (Å²) in [6.07, 6.45) is 5.44. The van der Waals surface area contributed by atoms with Crippen LogP contribution >= 0.6 is 0 Å². The molecule has 0 saturated carbocycles. The summed E-state index contributed by atoms with van der Waals surface area (Å²) in [4.78, 5) is 8.64. The molecule has 1 aliphatic rings. The number of rotatable bonds is 1. The molecule has 0 spiro atoms. The molecule has 100 valence electrons. The first-order valence-corrected chi connectivity index (χ1v) is 6.85. The van der Waals surface area contributed by atoms with E-state index >= 15 is 0 Å². The SMILES string of the molecule is C1=Nc2cnccc2Nc2c1cccc2-c1ccccc1. The Kier molecular flexibility index (Phi) is 2.75. The van der Waals surface area contributed by atoms with Gasteiger partial charge in [-0.1, -0.05) is 48.5 Å². The van der Waals surface area contributed by atoms with Gasteiger partial charge in [0.25, 0.3) is 0 Å². The standard InChI is InChI=1S/C18H13N3/c1-2-5-13(6-3-1)15-8-4-7-14-11-20-17-12-19-10-9-16(17)21-18(14)15/h1-12,21H. The summed E-state index contributed by atoms with van der Waals surface area (Å²) in [5, 5.41) is 3.51. The number of pyridine rings is 1. The highest BCUT2D eigenvalue weighted by atomic mass is 15.0. The number of fused-ring (bicyclic) bond motifs is 2. The van der Waals surface area contributed by atoms with Crippen LogP contribution in [-0.2, 0) is 0 Å². The van der Waals surface area contributed by atoms with Gasteiger partial charge in [-0.15, -0.1) is 0 Å². The van der Waals surface area contributed by atoms with Crippen LogP contribution in [-0.4, -0.2) is 11.2 Å². The molecule has 0 atom stereocenters. The van der Waals surface area contributed by atoms with Crippen molar-refractivity contribution in [3.8, 4) is 11.1 Å². The molecule has 3 aromatic rings. The van der Waals surface area contributed by atoms with Crippen LogP contribution in [0.25, 0.3) is 11.1 Å². The van der Waals surface area contributed by atoms with E-state index in [0.29, 0.717) is 0 Å². The number of benzene rings is 2. The lowest BCUT2D eigenvalue weighted by Gasteiger charge is -2.14. The Bertz CT molecular complexity index is 823. The third-order valence-electron chi connectivity index (χ3n) is 3.58. The number of nitrogens with zero attached hydrogens (tertiary/aromatic N) is 2. The molecule has 0 radical (unpaired) electrons. The number of hydrogen-bond donors (Lipinski definition) is 1. The van der Waals surface area contributed by atoms with Crippen molar-refractivity contribution in [2.24, 2.45) is 4.99 Å². The summed E-state index contributed by atoms with van der Waals surface area (Å²) in [5.74, 6) is 0. The number of aliphatic imine (C=N–C) groups is 1. The number of para-hydroxylation sites is 1. The zero-order valence-corrected chi connectivity index (χ0v) is 11.3. The molecule has 0 amide bonds. The highest BCUT2D eigenvalue weighted by molar-refractivity contribution is 6.00. The Hall–Kier alpha value is -2.94. The predicted octanol–water partition coefficient (Wildman–Crippen LogP) is 4.56. The van der Waals surface area contributed by atoms with Crippen molar-refractivity contribution in [1.29, 1.82) is 0 Å². The van der Waals surface area contributed by atoms with Gasteiger partial charge in [0.05, 0.1) is 17.6 Å². The minimum Gasteiger partial charge on any atom is -0.353 e. The molecule has 0 aliphatic carbocycles. The molecule has 21 heavy (non-hydrogen) atoms. The van der Waals surface area contributed by atoms with Gasteiger partial charge in [0.15, 0.2) is 0 Å². The van der Waals surface area contributed by atoms with E-state index in [4.69, 9.17) is 0 Å². The second-order valence-corrected chi connectivity index (χ2v) is 4.91. The normalized spacial score (nSPS) is 12.0. The summed E-state index contributed by atoms with van der Waals surface area (Å²) < 4.78 is 0. The van der Waals surface area contributed by atoms with E-state index < -0.39 is 0 Å². The lowest BCUT2D eigenvalue weighted by Crippen LogP contribution is -1.96. The number of aromatic nitrogens is 1. The minimum atomic E-state index is 0.854. The highest BCUT2D eigenvalue weighted by Crippen LogP contribution is 2.37. The highest BCUT2D eigenvalue weighted by Gasteiger charge is 2.13. The van der Waals surface area contributed by atoms with Crippen LogP contribution in [0.1, 0.15) is 5.56 Å². The second-order valence-electron chi connectivity index (χ2n) is 4.91. The minimum absolute atomic E-state index is 0.854. The smallest absolute Gasteiger partial charge is 0.105 e. The number of anilines is 2. The van der Waals surface area contributed by atoms with E-state index in [1.807, 2.05) is 18.3 Å². The molecule has 1 aliphatic heterocycles. The first-order valence-electron chi connectivity index (χ1n) is 6.85. The molecule has 4 rings (SSSR count). The van der Waals surface area contributed by atoms with Gasteiger partial charge >= 0.3 is 0 Å². The van der Waals surface area contributed by atoms with Gasteiger partial charge in [-0.25, -0.2) is 0 Å². The van der Waals surface area contributed by atoms with Gasteiger partial charge in [-0.05, 0) is 11.6 Å². The second kappa shape index (κ2) is 4.87. The van der Waals surface area contributed by atoms with E-state index in [-0.39, 0.29) is 0 Å². The van der Waals surface area contributed by atoms with Gasteiger partial charge < -0.3 is 5.32 Å². The first-order chi connectivity index (χ1) is 10.4. The van der Waals surface area contributed by atoms with E-state index in [1.54, 1.807) is 12.4 Å². The van der Waals surface area contributed by atoms with Crippen LogP contribution in [0.15, 0.2) is 72.0 Å². The molecule has 0 bridgehead atoms. The fourth-order valence-electron chi connectivity index (χ4n) is 2.54. The zero-order valence-electron chi connectivity index (χ0n) is 11.3. The fraction of sp³-hybridized carbons (Fsp3) is 0. The van der Waals surface area contributed by atoms with Gasteiger partial charge in [-0.3, -0.25) is 9.98 Å². The molecule has 1 aromatic heterocycles. The quantitative estimate of drug-likeness (QED) is 0.551. The maximum Gasteiger partial charge on any atom is 0.105 e. The van der Waals surface area contributed by atoms with Gasteiger partial charge in [0, 0.05) is 23.5 Å². The third-order valence-corrected chi connectivity index (χ3v) is 3.58. The van der Waals surface area contributed by atoms with Gasteiger partial charge in [0.2, 0.25) is 0 Å². The van der Waals surface area contributed by atoms with Crippen LogP contribution in [0.3, 0.4) is 0 Å². The summed E-state index contributed by atoms with van der Waals surface area (Å²) in [5.41, 5.74) is 6.35. The van der Waals surface area contributed by atoms with Crippen molar-refractivity contribution in [1.82, 2.24) is 4.98 Å². The molecule has 0 fully saturated rings. The van der Waals surface area contributed by atoms with Crippen molar-refractivity contribution in [2.45, 2.75) is 0 Å². The Balaban J connectivity index is 1.92. The van der Waals surface area contributed by atoms with Crippen molar-refractivity contribution in [3.63, 3.8) is 0 Å². The van der Waals surface area contributed by atoms with Crippen molar-refractivity contribution in [2.75, 3.05) is 5.32 Å². The topological polar surface area (TPSA) is 37.3 Å². The largest absolute Gasteiger partial charge is 0.353 e. The van der Waals surface area contributed by atoms with Crippen molar-refractivity contribution < 1.29 is 0 Å². The van der Waals surface area contributed by atoms with Crippen LogP contribution in [0.5, 0.6) is 0 Å². The molecular formula is C18H13N3. The summed E-state index contributed by atoms with van der Waals surface area (Å²) in [7, 11) is 0. The molecule has 3 nitrogen and oxygen atoms in total. The number of hydrogen-bond acceptors (Lipinski definition) is 3. The summed E-state index contributed by atoms with van der Waals surface area (Å²) >= 11 is 0. The van der Waals surface area contributed by atoms with Crippen LogP contribution in [0.4, 0.5) is 17.1 Å². The van der Waals surface area contributed by atoms with Crippen LogP contribution in [0.2, 0.25) is 0 Å². The molecule has 0 saturated heterocycles. The Morgan fingerprint density at radius 2 is 1.76 bits per heavy atom. The Morgan fingerprint density at radius 1 is 0.857 bits per heavy atom. The first kappa shape index (κ1) is 11.9. The summed E-state index contributed by atoms with van der Waals surface area (Å²) in [6, 6.07) is 18.6. The molecule has 2 aromatic carbocycles. The monoisotopic (exact) mass is 271 g/mol. The molecule has 0 unspecified atom stereocenters. The predicted molar refractivity (Wildman–Crippen MR) is 86.7 cm³/mol. The van der Waals surface area contributed by atoms with Crippen LogP contribution in [0, 0.1) is 0 Å². The average Bonchev–Trinajstić information content (AvgIpc) is 2.74. The van der Waals surface area contributed by atoms with Crippen molar-refractivity contribution >= 4 is 23.3 Å². The average molecular weight is 271 g/mol. The number of nitrogens with one attached hydrogen (secondary N) is 1. The zero-order chi connectivity index (χ0) is 14.1. The van der Waals surface area contributed by atoms with E-state index in [1.165, 1.54) is 11.1 Å². The van der Waals surface area contributed by atoms with E-state index in [0.717, 1.165) is 22.6 Å². The molecule has 2 heterocycles. The Labute approximate surface area is 123 Å². The van der Waals surface area contributed by atoms with Gasteiger partial charge in [-0.2, -0.15) is 0 Å². The molecule has 1 N–H and O–H groups in total. The molecule has 3 heteroatoms. The lowest BCUT2D eigenvalue weighted by molar-refractivity contribution is 1.31. The lowest BCUT2D eigenvalue weighted by atomic mass is 10.0. The fourth-order valence-corrected chi connectivity index (χ4v) is 2.54. The van der Waals surface area contributed by atoms with Crippen LogP contribution < -0.4 is 5.32 Å². The molecular weight excluding hydrogens is 258 g/mol.